The molecular weight excluding hydrogens is 948 g/mol. The van der Waals surface area contributed by atoms with Crippen LogP contribution < -0.4 is 5.32 Å². The molecule has 0 aromatic rings. The Morgan fingerprint density at radius 1 is 0.467 bits per heavy atom. The molecule has 1 amide bonds. The lowest BCUT2D eigenvalue weighted by Crippen LogP contribution is -2.46. The molecule has 0 fully saturated rings. The van der Waals surface area contributed by atoms with Gasteiger partial charge < -0.3 is 19.8 Å². The average molecular weight is 1080 g/mol. The van der Waals surface area contributed by atoms with Crippen LogP contribution in [0.5, 0.6) is 0 Å². The third-order valence-electron chi connectivity index (χ3n) is 14.8. The molecule has 0 radical (unpaired) electrons. The highest BCUT2D eigenvalue weighted by atomic mass is 31.2. The fraction of sp³-hybridized carbons (Fsp3) is 0.864. The first kappa shape index (κ1) is 73.5. The van der Waals surface area contributed by atoms with E-state index in [1.165, 1.54) is 225 Å². The number of phosphoric acid groups is 1. The minimum absolute atomic E-state index is 0.0767. The number of nitrogens with one attached hydrogen (secondary N) is 1. The Morgan fingerprint density at radius 2 is 0.800 bits per heavy atom. The molecule has 0 aliphatic carbocycles. The van der Waals surface area contributed by atoms with Gasteiger partial charge >= 0.3 is 7.82 Å². The maximum Gasteiger partial charge on any atom is 0.472 e. The second-order valence-corrected chi connectivity index (χ2v) is 24.9. The third kappa shape index (κ3) is 60.0. The normalized spacial score (nSPS) is 14.1. The van der Waals surface area contributed by atoms with Gasteiger partial charge in [-0.05, 0) is 51.4 Å². The zero-order valence-electron chi connectivity index (χ0n) is 50.6. The number of phosphoric ester groups is 1. The van der Waals surface area contributed by atoms with Crippen LogP contribution in [-0.4, -0.2) is 73.4 Å². The van der Waals surface area contributed by atoms with Crippen molar-refractivity contribution in [3.63, 3.8) is 0 Å². The second-order valence-electron chi connectivity index (χ2n) is 23.5. The number of hydrogen-bond acceptors (Lipinski definition) is 5. The highest BCUT2D eigenvalue weighted by Gasteiger charge is 2.28. The second kappa shape index (κ2) is 57.2. The minimum atomic E-state index is -4.32. The Morgan fingerprint density at radius 3 is 1.17 bits per heavy atom. The summed E-state index contributed by atoms with van der Waals surface area (Å²) < 4.78 is 23.8. The van der Waals surface area contributed by atoms with E-state index in [1.807, 2.05) is 21.1 Å². The molecule has 0 saturated carbocycles. The number of unbranched alkanes of at least 4 members (excludes halogenated alkanes) is 39. The van der Waals surface area contributed by atoms with E-state index in [0.29, 0.717) is 23.9 Å². The van der Waals surface area contributed by atoms with Crippen molar-refractivity contribution >= 4 is 13.7 Å². The van der Waals surface area contributed by atoms with Gasteiger partial charge in [0.2, 0.25) is 5.91 Å². The summed E-state index contributed by atoms with van der Waals surface area (Å²) in [6.07, 6.45) is 76.4. The van der Waals surface area contributed by atoms with E-state index in [-0.39, 0.29) is 19.1 Å². The average Bonchev–Trinajstić information content (AvgIpc) is 3.37. The van der Waals surface area contributed by atoms with Crippen molar-refractivity contribution in [1.82, 2.24) is 5.32 Å². The van der Waals surface area contributed by atoms with Crippen LogP contribution in [0.2, 0.25) is 0 Å². The smallest absolute Gasteiger partial charge is 0.391 e. The number of aliphatic hydroxyl groups is 1. The van der Waals surface area contributed by atoms with Gasteiger partial charge in [0.15, 0.2) is 0 Å². The molecule has 0 saturated heterocycles. The molecule has 8 nitrogen and oxygen atoms in total. The first-order valence-corrected chi connectivity index (χ1v) is 34.0. The fourth-order valence-electron chi connectivity index (χ4n) is 9.81. The number of nitrogens with zero attached hydrogens (tertiary/aromatic N) is 1. The molecular formula is C66H128N2O6P+. The molecule has 3 unspecified atom stereocenters. The molecule has 0 aromatic heterocycles. The molecule has 442 valence electrons. The molecule has 3 N–H and O–H groups in total. The van der Waals surface area contributed by atoms with Gasteiger partial charge in [0.1, 0.15) is 13.2 Å². The van der Waals surface area contributed by atoms with Crippen LogP contribution in [0.3, 0.4) is 0 Å². The molecule has 0 aliphatic rings. The van der Waals surface area contributed by atoms with Gasteiger partial charge in [-0.2, -0.15) is 0 Å². The predicted molar refractivity (Wildman–Crippen MR) is 327 cm³/mol. The first-order valence-electron chi connectivity index (χ1n) is 32.5. The van der Waals surface area contributed by atoms with Crippen LogP contribution in [0.4, 0.5) is 0 Å². The molecule has 0 heterocycles. The van der Waals surface area contributed by atoms with E-state index in [1.54, 1.807) is 0 Å². The summed E-state index contributed by atoms with van der Waals surface area (Å²) in [5.41, 5.74) is 0. The van der Waals surface area contributed by atoms with Crippen molar-refractivity contribution in [1.29, 1.82) is 0 Å². The van der Waals surface area contributed by atoms with Crippen molar-refractivity contribution in [2.45, 2.75) is 328 Å². The largest absolute Gasteiger partial charge is 0.472 e. The number of carbonyl (C=O) groups excluding carboxylic acids is 1. The standard InChI is InChI=1S/C66H127N2O6P/c1-6-8-10-12-14-16-18-20-22-23-24-25-26-27-28-29-30-31-32-33-34-35-36-37-38-39-40-41-42-43-44-45-46-48-50-52-54-56-58-60-66(70)67-64(63-74-75(71,72)73-62-61-68(3,4)5)65(69)59-57-55-53-51-49-47-21-19-17-15-13-11-9-7-2/h8,10,14,16,20,22,24-25,64-65,69H,6-7,9,11-13,15,17-19,21,23,26-63H2,1-5H3,(H-,67,70,71,72)/p+1/b10-8-,16-14-,22-20-,25-24-. The SMILES string of the molecule is CC/C=C\C/C=C\C/C=C\C/C=C\CCCCCCCCCCCCCCCCCCCCCCCCCCCCC(=O)NC(COP(=O)(O)OCC[N+](C)(C)C)C(O)CCCCCCCCCCCCCCCC. The first-order chi connectivity index (χ1) is 36.5. The van der Waals surface area contributed by atoms with Gasteiger partial charge in [-0.15, -0.1) is 0 Å². The Labute approximate surface area is 467 Å². The molecule has 0 aromatic carbocycles. The molecule has 0 aliphatic heterocycles. The van der Waals surface area contributed by atoms with E-state index in [4.69, 9.17) is 9.05 Å². The predicted octanol–water partition coefficient (Wildman–Crippen LogP) is 20.3. The molecule has 0 bridgehead atoms. The fourth-order valence-corrected chi connectivity index (χ4v) is 10.5. The summed E-state index contributed by atoms with van der Waals surface area (Å²) >= 11 is 0. The van der Waals surface area contributed by atoms with Crippen LogP contribution >= 0.6 is 7.82 Å². The van der Waals surface area contributed by atoms with Gasteiger partial charge in [0.25, 0.3) is 0 Å². The zero-order valence-corrected chi connectivity index (χ0v) is 51.4. The van der Waals surface area contributed by atoms with E-state index in [2.05, 4.69) is 67.8 Å². The highest BCUT2D eigenvalue weighted by molar-refractivity contribution is 7.47. The zero-order chi connectivity index (χ0) is 54.9. The Hall–Kier alpha value is -1.54. The number of aliphatic hydroxyl groups excluding tert-OH is 1. The summed E-state index contributed by atoms with van der Waals surface area (Å²) in [4.78, 5) is 23.3. The van der Waals surface area contributed by atoms with Crippen LogP contribution in [0.25, 0.3) is 0 Å². The van der Waals surface area contributed by atoms with Gasteiger partial charge in [0.05, 0.1) is 39.9 Å². The Bertz CT molecular complexity index is 1360. The molecule has 0 rings (SSSR count). The van der Waals surface area contributed by atoms with Crippen molar-refractivity contribution in [2.75, 3.05) is 40.9 Å². The lowest BCUT2D eigenvalue weighted by Gasteiger charge is -2.26. The summed E-state index contributed by atoms with van der Waals surface area (Å²) in [6, 6.07) is -0.758. The van der Waals surface area contributed by atoms with Crippen LogP contribution in [0, 0.1) is 0 Å². The number of amides is 1. The van der Waals surface area contributed by atoms with Crippen molar-refractivity contribution < 1.29 is 32.9 Å². The number of quaternary nitrogens is 1. The lowest BCUT2D eigenvalue weighted by molar-refractivity contribution is -0.870. The van der Waals surface area contributed by atoms with E-state index in [9.17, 15) is 19.4 Å². The molecule has 75 heavy (non-hydrogen) atoms. The van der Waals surface area contributed by atoms with Crippen molar-refractivity contribution in [2.24, 2.45) is 0 Å². The minimum Gasteiger partial charge on any atom is -0.391 e. The summed E-state index contributed by atoms with van der Waals surface area (Å²) in [6.45, 7) is 4.81. The van der Waals surface area contributed by atoms with Crippen molar-refractivity contribution in [3.05, 3.63) is 48.6 Å². The monoisotopic (exact) mass is 1080 g/mol. The van der Waals surface area contributed by atoms with E-state index >= 15 is 0 Å². The number of allylic oxidation sites excluding steroid dienone is 8. The number of likely N-dealkylation sites (N-methyl/N-ethyl adjacent to an activating group) is 1. The topological polar surface area (TPSA) is 105 Å². The van der Waals surface area contributed by atoms with Gasteiger partial charge in [-0.1, -0.05) is 306 Å². The number of carbonyl (C=O) groups is 1. The van der Waals surface area contributed by atoms with Gasteiger partial charge in [-0.3, -0.25) is 13.8 Å². The Kier molecular flexibility index (Phi) is 56.0. The number of rotatable bonds is 60. The molecule has 9 heteroatoms. The molecule has 0 spiro atoms. The maximum atomic E-state index is 13.0. The Balaban J connectivity index is 3.86. The lowest BCUT2D eigenvalue weighted by atomic mass is 10.0. The summed E-state index contributed by atoms with van der Waals surface area (Å²) in [5.74, 6) is -0.139. The summed E-state index contributed by atoms with van der Waals surface area (Å²) in [7, 11) is 1.63. The van der Waals surface area contributed by atoms with E-state index in [0.717, 1.165) is 64.2 Å². The quantitative estimate of drug-likeness (QED) is 0.0243. The molecule has 3 atom stereocenters. The van der Waals surface area contributed by atoms with E-state index < -0.39 is 20.0 Å². The third-order valence-corrected chi connectivity index (χ3v) is 15.8. The summed E-state index contributed by atoms with van der Waals surface area (Å²) in [5, 5.41) is 14.1. The van der Waals surface area contributed by atoms with Gasteiger partial charge in [0, 0.05) is 6.42 Å². The highest BCUT2D eigenvalue weighted by Crippen LogP contribution is 2.43. The van der Waals surface area contributed by atoms with Crippen LogP contribution in [0.15, 0.2) is 48.6 Å². The maximum absolute atomic E-state index is 13.0. The van der Waals surface area contributed by atoms with Crippen LogP contribution in [0.1, 0.15) is 316 Å². The van der Waals surface area contributed by atoms with Crippen molar-refractivity contribution in [3.8, 4) is 0 Å². The van der Waals surface area contributed by atoms with Crippen LogP contribution in [-0.2, 0) is 18.4 Å². The van der Waals surface area contributed by atoms with Gasteiger partial charge in [-0.25, -0.2) is 4.57 Å². The number of hydrogen-bond donors (Lipinski definition) is 3.